The number of piperidine rings is 1. The van der Waals surface area contributed by atoms with E-state index in [1.54, 1.807) is 0 Å². The third kappa shape index (κ3) is 3.13. The molecule has 1 aromatic rings. The molecule has 100 valence electrons. The highest BCUT2D eigenvalue weighted by atomic mass is 35.5. The third-order valence-electron chi connectivity index (χ3n) is 3.74. The number of rotatable bonds is 4. The van der Waals surface area contributed by atoms with Gasteiger partial charge in [-0.05, 0) is 49.4 Å². The number of hydrogen-bond donors (Lipinski definition) is 0. The molecule has 1 atom stereocenters. The van der Waals surface area contributed by atoms with Crippen LogP contribution in [0.4, 0.5) is 5.69 Å². The Labute approximate surface area is 120 Å². The molecule has 0 saturated carbocycles. The first-order chi connectivity index (χ1) is 8.76. The fraction of sp³-hybridized carbons (Fsp3) is 0.600. The molecular formula is C15H21Cl2N. The molecule has 1 aromatic carbocycles. The Morgan fingerprint density at radius 3 is 2.89 bits per heavy atom. The molecular weight excluding hydrogens is 265 g/mol. The van der Waals surface area contributed by atoms with E-state index in [2.05, 4.69) is 17.9 Å². The summed E-state index contributed by atoms with van der Waals surface area (Å²) in [6.45, 7) is 3.41. The van der Waals surface area contributed by atoms with Gasteiger partial charge in [0.2, 0.25) is 0 Å². The van der Waals surface area contributed by atoms with E-state index in [0.29, 0.717) is 11.9 Å². The summed E-state index contributed by atoms with van der Waals surface area (Å²) >= 11 is 12.1. The molecule has 18 heavy (non-hydrogen) atoms. The van der Waals surface area contributed by atoms with Crippen LogP contribution in [-0.2, 0) is 5.88 Å². The Morgan fingerprint density at radius 1 is 1.33 bits per heavy atom. The van der Waals surface area contributed by atoms with Crippen molar-refractivity contribution in [3.63, 3.8) is 0 Å². The molecule has 0 aromatic heterocycles. The van der Waals surface area contributed by atoms with Gasteiger partial charge in [0.15, 0.2) is 0 Å². The maximum atomic E-state index is 6.06. The van der Waals surface area contributed by atoms with Crippen molar-refractivity contribution in [1.82, 2.24) is 0 Å². The fourth-order valence-corrected chi connectivity index (χ4v) is 3.30. The molecule has 1 heterocycles. The van der Waals surface area contributed by atoms with Crippen molar-refractivity contribution in [1.29, 1.82) is 0 Å². The smallest absolute Gasteiger partial charge is 0.0495 e. The molecule has 0 amide bonds. The van der Waals surface area contributed by atoms with Gasteiger partial charge < -0.3 is 4.90 Å². The van der Waals surface area contributed by atoms with E-state index in [4.69, 9.17) is 23.2 Å². The summed E-state index contributed by atoms with van der Waals surface area (Å²) in [5.41, 5.74) is 2.44. The van der Waals surface area contributed by atoms with Gasteiger partial charge in [0.05, 0.1) is 0 Å². The van der Waals surface area contributed by atoms with Crippen LogP contribution in [0.25, 0.3) is 0 Å². The van der Waals surface area contributed by atoms with E-state index in [0.717, 1.165) is 17.1 Å². The van der Waals surface area contributed by atoms with Crippen LogP contribution in [0.15, 0.2) is 18.2 Å². The summed E-state index contributed by atoms with van der Waals surface area (Å²) < 4.78 is 0. The van der Waals surface area contributed by atoms with Gasteiger partial charge >= 0.3 is 0 Å². The molecule has 1 unspecified atom stereocenters. The number of halogens is 2. The Bertz CT molecular complexity index is 390. The first-order valence-corrected chi connectivity index (χ1v) is 7.78. The zero-order chi connectivity index (χ0) is 13.0. The summed E-state index contributed by atoms with van der Waals surface area (Å²) in [7, 11) is 0. The second-order valence-electron chi connectivity index (χ2n) is 5.04. The van der Waals surface area contributed by atoms with Crippen LogP contribution >= 0.6 is 23.2 Å². The Kier molecular flexibility index (Phi) is 5.20. The van der Waals surface area contributed by atoms with Crippen molar-refractivity contribution in [2.24, 2.45) is 0 Å². The monoisotopic (exact) mass is 285 g/mol. The lowest BCUT2D eigenvalue weighted by Crippen LogP contribution is -2.40. The number of benzene rings is 1. The highest BCUT2D eigenvalue weighted by molar-refractivity contribution is 6.30. The van der Waals surface area contributed by atoms with Gasteiger partial charge in [-0.2, -0.15) is 0 Å². The largest absolute Gasteiger partial charge is 0.368 e. The van der Waals surface area contributed by atoms with Gasteiger partial charge in [-0.25, -0.2) is 0 Å². The fourth-order valence-electron chi connectivity index (χ4n) is 2.89. The molecule has 1 nitrogen and oxygen atoms in total. The van der Waals surface area contributed by atoms with Crippen molar-refractivity contribution in [2.45, 2.75) is 50.9 Å². The predicted molar refractivity (Wildman–Crippen MR) is 80.9 cm³/mol. The predicted octanol–water partition coefficient (Wildman–Crippen LogP) is 5.24. The molecule has 1 aliphatic heterocycles. The van der Waals surface area contributed by atoms with Gasteiger partial charge in [0.1, 0.15) is 0 Å². The van der Waals surface area contributed by atoms with Crippen molar-refractivity contribution in [2.75, 3.05) is 11.4 Å². The number of nitrogens with zero attached hydrogens (tertiary/aromatic N) is 1. The summed E-state index contributed by atoms with van der Waals surface area (Å²) in [5.74, 6) is 0.533. The van der Waals surface area contributed by atoms with Crippen molar-refractivity contribution in [3.8, 4) is 0 Å². The Balaban J connectivity index is 2.27. The van der Waals surface area contributed by atoms with Crippen molar-refractivity contribution < 1.29 is 0 Å². The lowest BCUT2D eigenvalue weighted by atomic mass is 9.96. The second kappa shape index (κ2) is 6.68. The quantitative estimate of drug-likeness (QED) is 0.684. The number of anilines is 1. The van der Waals surface area contributed by atoms with E-state index < -0.39 is 0 Å². The summed E-state index contributed by atoms with van der Waals surface area (Å²) in [4.78, 5) is 2.54. The van der Waals surface area contributed by atoms with Gasteiger partial charge in [-0.3, -0.25) is 0 Å². The minimum Gasteiger partial charge on any atom is -0.368 e. The molecule has 2 rings (SSSR count). The van der Waals surface area contributed by atoms with E-state index in [1.807, 2.05) is 12.1 Å². The van der Waals surface area contributed by atoms with Gasteiger partial charge in [-0.1, -0.05) is 24.9 Å². The van der Waals surface area contributed by atoms with E-state index in [-0.39, 0.29) is 0 Å². The molecule has 0 aliphatic carbocycles. The third-order valence-corrected chi connectivity index (χ3v) is 4.27. The molecule has 0 bridgehead atoms. The van der Waals surface area contributed by atoms with Gasteiger partial charge in [0, 0.05) is 29.2 Å². The summed E-state index contributed by atoms with van der Waals surface area (Å²) in [6.07, 6.45) is 6.45. The van der Waals surface area contributed by atoms with Gasteiger partial charge in [0.25, 0.3) is 0 Å². The maximum absolute atomic E-state index is 6.06. The van der Waals surface area contributed by atoms with E-state index in [1.165, 1.54) is 37.8 Å². The van der Waals surface area contributed by atoms with Crippen LogP contribution in [0.5, 0.6) is 0 Å². The van der Waals surface area contributed by atoms with Crippen LogP contribution < -0.4 is 4.90 Å². The van der Waals surface area contributed by atoms with Crippen LogP contribution in [0, 0.1) is 0 Å². The average Bonchev–Trinajstić information content (AvgIpc) is 2.40. The van der Waals surface area contributed by atoms with E-state index >= 15 is 0 Å². The molecule has 1 saturated heterocycles. The molecule has 0 radical (unpaired) electrons. The highest BCUT2D eigenvalue weighted by Gasteiger charge is 2.23. The molecule has 3 heteroatoms. The lowest BCUT2D eigenvalue weighted by Gasteiger charge is -2.38. The lowest BCUT2D eigenvalue weighted by molar-refractivity contribution is 0.434. The standard InChI is InChI=1S/C15H21Cl2N/c1-2-5-14-6-3-4-9-18(14)15-8-7-13(17)10-12(15)11-16/h7-8,10,14H,2-6,9,11H2,1H3. The van der Waals surface area contributed by atoms with Crippen LogP contribution in [0.3, 0.4) is 0 Å². The summed E-state index contributed by atoms with van der Waals surface area (Å²) in [6, 6.07) is 6.78. The molecule has 1 aliphatic rings. The van der Waals surface area contributed by atoms with E-state index in [9.17, 15) is 0 Å². The second-order valence-corrected chi connectivity index (χ2v) is 5.74. The first kappa shape index (κ1) is 14.0. The summed E-state index contributed by atoms with van der Waals surface area (Å²) in [5, 5.41) is 0.776. The highest BCUT2D eigenvalue weighted by Crippen LogP contribution is 2.32. The van der Waals surface area contributed by atoms with Gasteiger partial charge in [-0.15, -0.1) is 11.6 Å². The number of hydrogen-bond acceptors (Lipinski definition) is 1. The Hall–Kier alpha value is -0.400. The van der Waals surface area contributed by atoms with Crippen LogP contribution in [0.1, 0.15) is 44.6 Å². The maximum Gasteiger partial charge on any atom is 0.0495 e. The van der Waals surface area contributed by atoms with Crippen molar-refractivity contribution in [3.05, 3.63) is 28.8 Å². The molecule has 1 fully saturated rings. The zero-order valence-corrected chi connectivity index (χ0v) is 12.5. The van der Waals surface area contributed by atoms with Crippen molar-refractivity contribution >= 4 is 28.9 Å². The Morgan fingerprint density at radius 2 is 2.17 bits per heavy atom. The molecule has 0 N–H and O–H groups in total. The SMILES string of the molecule is CCCC1CCCCN1c1ccc(Cl)cc1CCl. The molecule has 0 spiro atoms. The zero-order valence-electron chi connectivity index (χ0n) is 11.0. The first-order valence-electron chi connectivity index (χ1n) is 6.87. The number of alkyl halides is 1. The minimum atomic E-state index is 0.533. The minimum absolute atomic E-state index is 0.533. The normalized spacial score (nSPS) is 20.2. The average molecular weight is 286 g/mol. The van der Waals surface area contributed by atoms with Crippen LogP contribution in [-0.4, -0.2) is 12.6 Å². The topological polar surface area (TPSA) is 3.24 Å². The van der Waals surface area contributed by atoms with Crippen LogP contribution in [0.2, 0.25) is 5.02 Å².